The zero-order valence-electron chi connectivity index (χ0n) is 12.7. The van der Waals surface area contributed by atoms with Crippen LogP contribution < -0.4 is 10.2 Å². The van der Waals surface area contributed by atoms with Gasteiger partial charge < -0.3 is 10.2 Å². The van der Waals surface area contributed by atoms with Gasteiger partial charge in [0.05, 0.1) is 0 Å². The van der Waals surface area contributed by atoms with Gasteiger partial charge in [-0.15, -0.1) is 0 Å². The Labute approximate surface area is 117 Å². The smallest absolute Gasteiger partial charge is 0.123 e. The molecular weight excluding hydrogens is 239 g/mol. The molecule has 0 aliphatic heterocycles. The van der Waals surface area contributed by atoms with Gasteiger partial charge in [-0.25, -0.2) is 4.39 Å². The van der Waals surface area contributed by atoms with Crippen LogP contribution in [0.5, 0.6) is 0 Å². The average Bonchev–Trinajstić information content (AvgIpc) is 2.45. The first-order valence-corrected chi connectivity index (χ1v) is 7.26. The number of hydrogen-bond acceptors (Lipinski definition) is 2. The van der Waals surface area contributed by atoms with Crippen LogP contribution in [0.3, 0.4) is 0 Å². The summed E-state index contributed by atoms with van der Waals surface area (Å²) in [5.74, 6) is -0.174. The lowest BCUT2D eigenvalue weighted by atomic mass is 9.81. The lowest BCUT2D eigenvalue weighted by Crippen LogP contribution is -2.43. The quantitative estimate of drug-likeness (QED) is 0.772. The summed E-state index contributed by atoms with van der Waals surface area (Å²) >= 11 is 0. The normalized spacial score (nSPS) is 11.6. The molecule has 0 heterocycles. The van der Waals surface area contributed by atoms with E-state index in [0.717, 1.165) is 38.2 Å². The van der Waals surface area contributed by atoms with Crippen molar-refractivity contribution in [3.8, 4) is 0 Å². The van der Waals surface area contributed by atoms with E-state index in [1.807, 2.05) is 19.2 Å². The highest BCUT2D eigenvalue weighted by Gasteiger charge is 2.27. The molecule has 108 valence electrons. The third-order valence-corrected chi connectivity index (χ3v) is 4.15. The minimum atomic E-state index is -0.174. The van der Waals surface area contributed by atoms with Crippen molar-refractivity contribution in [2.24, 2.45) is 5.41 Å². The fourth-order valence-corrected chi connectivity index (χ4v) is 2.60. The van der Waals surface area contributed by atoms with E-state index in [2.05, 4.69) is 31.0 Å². The molecule has 0 saturated carbocycles. The first kappa shape index (κ1) is 16.0. The van der Waals surface area contributed by atoms with Gasteiger partial charge in [-0.05, 0) is 56.5 Å². The molecule has 3 heteroatoms. The van der Waals surface area contributed by atoms with Gasteiger partial charge in [0.25, 0.3) is 0 Å². The molecule has 0 spiro atoms. The third kappa shape index (κ3) is 4.20. The molecule has 1 N–H and O–H groups in total. The summed E-state index contributed by atoms with van der Waals surface area (Å²) in [5.41, 5.74) is 1.38. The van der Waals surface area contributed by atoms with Gasteiger partial charge in [0.15, 0.2) is 0 Å². The fourth-order valence-electron chi connectivity index (χ4n) is 2.60. The Morgan fingerprint density at radius 3 is 2.11 bits per heavy atom. The number of rotatable bonds is 8. The molecular formula is C16H27FN2. The van der Waals surface area contributed by atoms with Crippen LogP contribution in [-0.2, 0) is 0 Å². The van der Waals surface area contributed by atoms with Crippen LogP contribution in [-0.4, -0.2) is 26.7 Å². The van der Waals surface area contributed by atoms with E-state index in [0.29, 0.717) is 0 Å². The summed E-state index contributed by atoms with van der Waals surface area (Å²) in [6, 6.07) is 6.81. The second kappa shape index (κ2) is 7.49. The zero-order valence-corrected chi connectivity index (χ0v) is 12.7. The molecule has 0 fully saturated rings. The molecule has 0 atom stereocenters. The van der Waals surface area contributed by atoms with Crippen molar-refractivity contribution in [1.29, 1.82) is 0 Å². The van der Waals surface area contributed by atoms with Crippen LogP contribution in [0.15, 0.2) is 24.3 Å². The summed E-state index contributed by atoms with van der Waals surface area (Å²) < 4.78 is 13.0. The largest absolute Gasteiger partial charge is 0.371 e. The van der Waals surface area contributed by atoms with Crippen LogP contribution in [0, 0.1) is 11.2 Å². The van der Waals surface area contributed by atoms with Gasteiger partial charge in [0.2, 0.25) is 0 Å². The summed E-state index contributed by atoms with van der Waals surface area (Å²) in [6.07, 6.45) is 2.28. The molecule has 0 bridgehead atoms. The number of hydrogen-bond donors (Lipinski definition) is 1. The van der Waals surface area contributed by atoms with Gasteiger partial charge in [0.1, 0.15) is 5.82 Å². The van der Waals surface area contributed by atoms with Crippen molar-refractivity contribution >= 4 is 5.69 Å². The van der Waals surface area contributed by atoms with Crippen LogP contribution in [0.2, 0.25) is 0 Å². The van der Waals surface area contributed by atoms with Crippen LogP contribution >= 0.6 is 0 Å². The molecule has 0 aromatic heterocycles. The van der Waals surface area contributed by atoms with E-state index in [-0.39, 0.29) is 11.2 Å². The lowest BCUT2D eigenvalue weighted by molar-refractivity contribution is 0.260. The number of nitrogens with one attached hydrogen (secondary N) is 1. The summed E-state index contributed by atoms with van der Waals surface area (Å²) in [5, 5.41) is 3.31. The monoisotopic (exact) mass is 266 g/mol. The molecule has 2 nitrogen and oxygen atoms in total. The lowest BCUT2D eigenvalue weighted by Gasteiger charge is -2.38. The first-order valence-electron chi connectivity index (χ1n) is 7.26. The van der Waals surface area contributed by atoms with Crippen molar-refractivity contribution in [3.05, 3.63) is 30.1 Å². The molecule has 0 radical (unpaired) electrons. The average molecular weight is 266 g/mol. The molecule has 0 amide bonds. The Bertz CT molecular complexity index is 358. The number of benzene rings is 1. The maximum atomic E-state index is 13.0. The SMILES string of the molecule is CCN(CC(CC)(CC)CNC)c1ccc(F)cc1. The second-order valence-corrected chi connectivity index (χ2v) is 5.23. The Morgan fingerprint density at radius 2 is 1.68 bits per heavy atom. The van der Waals surface area contributed by atoms with Gasteiger partial charge >= 0.3 is 0 Å². The maximum Gasteiger partial charge on any atom is 0.123 e. The highest BCUT2D eigenvalue weighted by atomic mass is 19.1. The van der Waals surface area contributed by atoms with Crippen molar-refractivity contribution in [2.45, 2.75) is 33.6 Å². The number of nitrogens with zero attached hydrogens (tertiary/aromatic N) is 1. The predicted molar refractivity (Wildman–Crippen MR) is 81.2 cm³/mol. The van der Waals surface area contributed by atoms with E-state index in [4.69, 9.17) is 0 Å². The van der Waals surface area contributed by atoms with Gasteiger partial charge in [-0.3, -0.25) is 0 Å². The molecule has 19 heavy (non-hydrogen) atoms. The van der Waals surface area contributed by atoms with E-state index < -0.39 is 0 Å². The van der Waals surface area contributed by atoms with Gasteiger partial charge in [-0.2, -0.15) is 0 Å². The molecule has 0 unspecified atom stereocenters. The summed E-state index contributed by atoms with van der Waals surface area (Å²) in [7, 11) is 2.01. The van der Waals surface area contributed by atoms with Crippen molar-refractivity contribution in [3.63, 3.8) is 0 Å². The van der Waals surface area contributed by atoms with E-state index in [1.54, 1.807) is 0 Å². The van der Waals surface area contributed by atoms with E-state index in [9.17, 15) is 4.39 Å². The Kier molecular flexibility index (Phi) is 6.29. The molecule has 0 aliphatic rings. The van der Waals surface area contributed by atoms with Crippen LogP contribution in [0.25, 0.3) is 0 Å². The van der Waals surface area contributed by atoms with Gasteiger partial charge in [-0.1, -0.05) is 13.8 Å². The Balaban J connectivity index is 2.87. The third-order valence-electron chi connectivity index (χ3n) is 4.15. The van der Waals surface area contributed by atoms with Crippen LogP contribution in [0.1, 0.15) is 33.6 Å². The van der Waals surface area contributed by atoms with Crippen LogP contribution in [0.4, 0.5) is 10.1 Å². The van der Waals surface area contributed by atoms with E-state index >= 15 is 0 Å². The van der Waals surface area contributed by atoms with Crippen molar-refractivity contribution in [2.75, 3.05) is 31.6 Å². The molecule has 0 aliphatic carbocycles. The highest BCUT2D eigenvalue weighted by molar-refractivity contribution is 5.46. The van der Waals surface area contributed by atoms with Crippen molar-refractivity contribution < 1.29 is 4.39 Å². The number of anilines is 1. The molecule has 1 rings (SSSR count). The first-order chi connectivity index (χ1) is 9.10. The minimum absolute atomic E-state index is 0.174. The standard InChI is InChI=1S/C16H27FN2/c1-5-16(6-2,12-18-4)13-19(7-3)15-10-8-14(17)9-11-15/h8-11,18H,5-7,12-13H2,1-4H3. The minimum Gasteiger partial charge on any atom is -0.371 e. The fraction of sp³-hybridized carbons (Fsp3) is 0.625. The maximum absolute atomic E-state index is 13.0. The summed E-state index contributed by atoms with van der Waals surface area (Å²) in [4.78, 5) is 2.34. The Morgan fingerprint density at radius 1 is 1.11 bits per heavy atom. The molecule has 0 saturated heterocycles. The predicted octanol–water partition coefficient (Wildman–Crippen LogP) is 3.68. The second-order valence-electron chi connectivity index (χ2n) is 5.23. The highest BCUT2D eigenvalue weighted by Crippen LogP contribution is 2.29. The Hall–Kier alpha value is -1.09. The number of halogens is 1. The van der Waals surface area contributed by atoms with Gasteiger partial charge in [0, 0.05) is 25.3 Å². The van der Waals surface area contributed by atoms with E-state index in [1.165, 1.54) is 12.1 Å². The topological polar surface area (TPSA) is 15.3 Å². The molecule has 1 aromatic carbocycles. The van der Waals surface area contributed by atoms with Crippen molar-refractivity contribution in [1.82, 2.24) is 5.32 Å². The zero-order chi connectivity index (χ0) is 14.3. The summed E-state index contributed by atoms with van der Waals surface area (Å²) in [6.45, 7) is 9.61. The molecule has 1 aromatic rings.